The highest BCUT2D eigenvalue weighted by Crippen LogP contribution is 2.25. The fraction of sp³-hybridized carbons (Fsp3) is 0.435. The van der Waals surface area contributed by atoms with Gasteiger partial charge in [0.2, 0.25) is 11.8 Å². The third-order valence-electron chi connectivity index (χ3n) is 5.42. The lowest BCUT2D eigenvalue weighted by Crippen LogP contribution is -2.48. The summed E-state index contributed by atoms with van der Waals surface area (Å²) in [4.78, 5) is 27.0. The van der Waals surface area contributed by atoms with Crippen molar-refractivity contribution in [1.29, 1.82) is 0 Å². The topological polar surface area (TPSA) is 67.2 Å². The molecule has 1 aromatic carbocycles. The summed E-state index contributed by atoms with van der Waals surface area (Å²) >= 11 is 8.15. The molecule has 2 heterocycles. The molecule has 31 heavy (non-hydrogen) atoms. The number of benzene rings is 1. The Kier molecular flexibility index (Phi) is 7.84. The average Bonchev–Trinajstić information content (AvgIpc) is 3.33. The molecule has 1 aliphatic heterocycles. The van der Waals surface area contributed by atoms with Crippen LogP contribution in [0.4, 0.5) is 0 Å². The fourth-order valence-corrected chi connectivity index (χ4v) is 4.76. The van der Waals surface area contributed by atoms with Crippen LogP contribution in [0.1, 0.15) is 42.7 Å². The van der Waals surface area contributed by atoms with Gasteiger partial charge in [-0.25, -0.2) is 4.68 Å². The number of hydrogen-bond donors (Lipinski definition) is 1. The summed E-state index contributed by atoms with van der Waals surface area (Å²) in [5.74, 6) is 0.814. The first-order valence-corrected chi connectivity index (χ1v) is 12.0. The first kappa shape index (κ1) is 23.4. The lowest BCUT2D eigenvalue weighted by Gasteiger charge is -2.23. The minimum Gasteiger partial charge on any atom is -0.352 e. The fourth-order valence-electron chi connectivity index (χ4n) is 3.30. The van der Waals surface area contributed by atoms with Crippen molar-refractivity contribution in [2.24, 2.45) is 0 Å². The monoisotopic (exact) mass is 460 g/mol. The van der Waals surface area contributed by atoms with Crippen LogP contribution in [-0.2, 0) is 16.1 Å². The quantitative estimate of drug-likeness (QED) is 0.633. The zero-order valence-electron chi connectivity index (χ0n) is 18.4. The number of halogens is 1. The normalized spacial score (nSPS) is 17.3. The van der Waals surface area contributed by atoms with Gasteiger partial charge in [0, 0.05) is 23.4 Å². The molecule has 0 radical (unpaired) electrons. The van der Waals surface area contributed by atoms with Crippen molar-refractivity contribution in [3.63, 3.8) is 0 Å². The zero-order valence-corrected chi connectivity index (χ0v) is 20.0. The second kappa shape index (κ2) is 10.4. The van der Waals surface area contributed by atoms with Gasteiger partial charge >= 0.3 is 0 Å². The number of nitrogens with zero attached hydrogens (tertiary/aromatic N) is 3. The summed E-state index contributed by atoms with van der Waals surface area (Å²) in [6.45, 7) is 8.46. The van der Waals surface area contributed by atoms with Crippen LogP contribution in [0, 0.1) is 13.8 Å². The number of thioether (sulfide) groups is 1. The molecule has 1 aromatic heterocycles. The van der Waals surface area contributed by atoms with Crippen molar-refractivity contribution in [3.05, 3.63) is 57.9 Å². The van der Waals surface area contributed by atoms with E-state index in [9.17, 15) is 9.59 Å². The van der Waals surface area contributed by atoms with Gasteiger partial charge in [-0.2, -0.15) is 5.10 Å². The first-order chi connectivity index (χ1) is 14.8. The number of carbonyl (C=O) groups is 2. The van der Waals surface area contributed by atoms with E-state index in [4.69, 9.17) is 11.6 Å². The van der Waals surface area contributed by atoms with Crippen LogP contribution in [0.2, 0.25) is 5.15 Å². The lowest BCUT2D eigenvalue weighted by atomic mass is 10.1. The van der Waals surface area contributed by atoms with E-state index in [1.165, 1.54) is 11.6 Å². The molecule has 3 rings (SSSR count). The Morgan fingerprint density at radius 3 is 2.71 bits per heavy atom. The number of aryl methyl sites for hydroxylation is 2. The largest absolute Gasteiger partial charge is 0.352 e. The number of amides is 2. The zero-order chi connectivity index (χ0) is 22.5. The van der Waals surface area contributed by atoms with Gasteiger partial charge in [-0.05, 0) is 38.8 Å². The van der Waals surface area contributed by atoms with Gasteiger partial charge in [-0.1, -0.05) is 48.4 Å². The molecule has 1 fully saturated rings. The maximum atomic E-state index is 12.8. The van der Waals surface area contributed by atoms with Crippen LogP contribution >= 0.6 is 23.4 Å². The van der Waals surface area contributed by atoms with Crippen molar-refractivity contribution < 1.29 is 9.59 Å². The summed E-state index contributed by atoms with van der Waals surface area (Å²) in [5.41, 5.74) is 3.77. The highest BCUT2D eigenvalue weighted by atomic mass is 35.5. The maximum absolute atomic E-state index is 12.8. The molecule has 2 unspecified atom stereocenters. The Morgan fingerprint density at radius 1 is 1.32 bits per heavy atom. The minimum absolute atomic E-state index is 0.0893. The predicted molar refractivity (Wildman–Crippen MR) is 127 cm³/mol. The third-order valence-corrected chi connectivity index (χ3v) is 6.83. The van der Waals surface area contributed by atoms with Gasteiger partial charge < -0.3 is 10.2 Å². The predicted octanol–water partition coefficient (Wildman–Crippen LogP) is 4.03. The standard InChI is InChI=1S/C23H29ClN4O2S/c1-5-16(3)25-23(30)20-13-31-14-27(20)21(29)11-10-19-17(4)26-28(22(19)24)12-18-8-6-15(2)7-9-18/h6-11,16,20H,5,12-14H2,1-4H3,(H,25,30)/b11-10+. The molecule has 2 aromatic rings. The van der Waals surface area contributed by atoms with E-state index in [-0.39, 0.29) is 17.9 Å². The number of carbonyl (C=O) groups excluding carboxylic acids is 2. The highest BCUT2D eigenvalue weighted by Gasteiger charge is 2.34. The molecule has 0 aliphatic carbocycles. The van der Waals surface area contributed by atoms with Crippen LogP contribution in [0.25, 0.3) is 6.08 Å². The van der Waals surface area contributed by atoms with Crippen molar-refractivity contribution in [3.8, 4) is 0 Å². The molecule has 1 N–H and O–H groups in total. The molecule has 0 saturated carbocycles. The van der Waals surface area contributed by atoms with Crippen LogP contribution in [0.3, 0.4) is 0 Å². The lowest BCUT2D eigenvalue weighted by molar-refractivity contribution is -0.135. The summed E-state index contributed by atoms with van der Waals surface area (Å²) in [7, 11) is 0. The summed E-state index contributed by atoms with van der Waals surface area (Å²) in [6.07, 6.45) is 4.04. The highest BCUT2D eigenvalue weighted by molar-refractivity contribution is 7.99. The average molecular weight is 461 g/mol. The van der Waals surface area contributed by atoms with Crippen molar-refractivity contribution in [2.45, 2.75) is 52.7 Å². The van der Waals surface area contributed by atoms with Gasteiger partial charge in [0.25, 0.3) is 0 Å². The van der Waals surface area contributed by atoms with Crippen LogP contribution in [0.5, 0.6) is 0 Å². The van der Waals surface area contributed by atoms with E-state index in [0.717, 1.165) is 23.2 Å². The van der Waals surface area contributed by atoms with Crippen molar-refractivity contribution in [2.75, 3.05) is 11.6 Å². The minimum atomic E-state index is -0.447. The van der Waals surface area contributed by atoms with E-state index in [1.54, 1.807) is 27.4 Å². The molecule has 166 valence electrons. The van der Waals surface area contributed by atoms with Gasteiger partial charge in [0.15, 0.2) is 0 Å². The summed E-state index contributed by atoms with van der Waals surface area (Å²) in [6, 6.07) is 7.86. The first-order valence-electron chi connectivity index (χ1n) is 10.4. The number of hydrogen-bond acceptors (Lipinski definition) is 4. The molecule has 2 atom stereocenters. The van der Waals surface area contributed by atoms with Crippen LogP contribution < -0.4 is 5.32 Å². The molecule has 6 nitrogen and oxygen atoms in total. The Labute approximate surface area is 193 Å². The van der Waals surface area contributed by atoms with E-state index >= 15 is 0 Å². The second-order valence-corrected chi connectivity index (χ2v) is 9.27. The Morgan fingerprint density at radius 2 is 2.03 bits per heavy atom. The molecular weight excluding hydrogens is 432 g/mol. The van der Waals surface area contributed by atoms with E-state index < -0.39 is 6.04 Å². The molecule has 0 spiro atoms. The second-order valence-electron chi connectivity index (χ2n) is 7.91. The van der Waals surface area contributed by atoms with E-state index in [1.807, 2.05) is 27.7 Å². The SMILES string of the molecule is CCC(C)NC(=O)C1CSCN1C(=O)/C=C/c1c(C)nn(Cc2ccc(C)cc2)c1Cl. The Bertz CT molecular complexity index is 971. The van der Waals surface area contributed by atoms with Gasteiger partial charge in [-0.3, -0.25) is 9.59 Å². The molecule has 0 bridgehead atoms. The van der Waals surface area contributed by atoms with Crippen molar-refractivity contribution >= 4 is 41.3 Å². The van der Waals surface area contributed by atoms with Gasteiger partial charge in [0.05, 0.1) is 18.1 Å². The number of rotatable bonds is 7. The van der Waals surface area contributed by atoms with Crippen LogP contribution in [0.15, 0.2) is 30.3 Å². The molecule has 8 heteroatoms. The molecule has 2 amide bonds. The van der Waals surface area contributed by atoms with Crippen molar-refractivity contribution in [1.82, 2.24) is 20.0 Å². The molecule has 1 saturated heterocycles. The van der Waals surface area contributed by atoms with Crippen LogP contribution in [-0.4, -0.2) is 50.2 Å². The van der Waals surface area contributed by atoms with Gasteiger partial charge in [-0.15, -0.1) is 11.8 Å². The van der Waals surface area contributed by atoms with Gasteiger partial charge in [0.1, 0.15) is 11.2 Å². The third kappa shape index (κ3) is 5.71. The molecule has 1 aliphatic rings. The molecular formula is C23H29ClN4O2S. The van der Waals surface area contributed by atoms with E-state index in [2.05, 4.69) is 34.7 Å². The summed E-state index contributed by atoms with van der Waals surface area (Å²) < 4.78 is 1.74. The summed E-state index contributed by atoms with van der Waals surface area (Å²) in [5, 5.41) is 7.99. The Hall–Kier alpha value is -2.25. The number of aromatic nitrogens is 2. The Balaban J connectivity index is 1.70. The smallest absolute Gasteiger partial charge is 0.247 e. The van der Waals surface area contributed by atoms with E-state index in [0.29, 0.717) is 23.3 Å². The number of nitrogens with one attached hydrogen (secondary N) is 1. The maximum Gasteiger partial charge on any atom is 0.247 e.